The summed E-state index contributed by atoms with van der Waals surface area (Å²) in [5.41, 5.74) is 4.32. The maximum Gasteiger partial charge on any atom is 0.242 e. The van der Waals surface area contributed by atoms with Gasteiger partial charge in [0.25, 0.3) is 0 Å². The zero-order chi connectivity index (χ0) is 19.1. The molecule has 0 aliphatic heterocycles. The lowest BCUT2D eigenvalue weighted by Gasteiger charge is -2.30. The Morgan fingerprint density at radius 2 is 1.42 bits per heavy atom. The first-order chi connectivity index (χ1) is 12.4. The van der Waals surface area contributed by atoms with Crippen LogP contribution in [0.25, 0.3) is 0 Å². The number of nitrogens with zero attached hydrogens (tertiary/aromatic N) is 1. The molecule has 4 nitrogen and oxygen atoms in total. The molecule has 0 bridgehead atoms. The summed E-state index contributed by atoms with van der Waals surface area (Å²) in [7, 11) is 1.61. The molecule has 0 spiro atoms. The summed E-state index contributed by atoms with van der Waals surface area (Å²) in [5, 5.41) is 2.68. The number of aryl methyl sites for hydroxylation is 2. The summed E-state index contributed by atoms with van der Waals surface area (Å²) >= 11 is 0. The molecule has 1 atom stereocenters. The van der Waals surface area contributed by atoms with Gasteiger partial charge < -0.3 is 10.2 Å². The third kappa shape index (κ3) is 5.19. The minimum absolute atomic E-state index is 0.0371. The molecule has 2 aromatic rings. The summed E-state index contributed by atoms with van der Waals surface area (Å²) in [5.74, 6) is -0.165. The molecule has 26 heavy (non-hydrogen) atoms. The molecular weight excluding hydrogens is 324 g/mol. The van der Waals surface area contributed by atoms with Crippen LogP contribution in [0.4, 0.5) is 0 Å². The van der Waals surface area contributed by atoms with E-state index in [9.17, 15) is 9.59 Å². The van der Waals surface area contributed by atoms with Gasteiger partial charge in [-0.3, -0.25) is 9.59 Å². The van der Waals surface area contributed by atoms with Crippen LogP contribution in [0.3, 0.4) is 0 Å². The molecule has 1 N–H and O–H groups in total. The summed E-state index contributed by atoms with van der Waals surface area (Å²) in [6.45, 7) is 6.41. The van der Waals surface area contributed by atoms with E-state index in [0.29, 0.717) is 19.4 Å². The standard InChI is InChI=1S/C22H28N2O2/c1-5-20(22(26)23-4)24(15-19-12-8-17(3)9-13-19)21(25)14-18-10-6-16(2)7-11-18/h6-13,20H,5,14-15H2,1-4H3,(H,23,26)/t20-/m1/s1. The third-order valence-corrected chi connectivity index (χ3v) is 4.58. The Balaban J connectivity index is 2.25. The molecule has 0 radical (unpaired) electrons. The topological polar surface area (TPSA) is 49.4 Å². The second-order valence-corrected chi connectivity index (χ2v) is 6.71. The average Bonchev–Trinajstić information content (AvgIpc) is 2.64. The van der Waals surface area contributed by atoms with E-state index >= 15 is 0 Å². The van der Waals surface area contributed by atoms with Gasteiger partial charge in [0, 0.05) is 13.6 Å². The van der Waals surface area contributed by atoms with Crippen molar-refractivity contribution in [3.05, 3.63) is 70.8 Å². The van der Waals surface area contributed by atoms with Crippen molar-refractivity contribution in [2.45, 2.75) is 46.2 Å². The zero-order valence-electron chi connectivity index (χ0n) is 16.1. The molecule has 0 unspecified atom stereocenters. The molecule has 0 aliphatic carbocycles. The average molecular weight is 352 g/mol. The van der Waals surface area contributed by atoms with E-state index in [4.69, 9.17) is 0 Å². The minimum atomic E-state index is -0.473. The van der Waals surface area contributed by atoms with Crippen LogP contribution in [0, 0.1) is 13.8 Å². The van der Waals surface area contributed by atoms with Crippen LogP contribution < -0.4 is 5.32 Å². The first kappa shape index (κ1) is 19.7. The molecule has 0 heterocycles. The number of carbonyl (C=O) groups is 2. The normalized spacial score (nSPS) is 11.7. The molecule has 4 heteroatoms. The van der Waals surface area contributed by atoms with Gasteiger partial charge in [-0.2, -0.15) is 0 Å². The zero-order valence-corrected chi connectivity index (χ0v) is 16.1. The third-order valence-electron chi connectivity index (χ3n) is 4.58. The lowest BCUT2D eigenvalue weighted by molar-refractivity contribution is -0.140. The quantitative estimate of drug-likeness (QED) is 0.830. The van der Waals surface area contributed by atoms with Crippen LogP contribution in [0.2, 0.25) is 0 Å². The van der Waals surface area contributed by atoms with Gasteiger partial charge in [0.15, 0.2) is 0 Å². The highest BCUT2D eigenvalue weighted by molar-refractivity contribution is 5.88. The molecule has 0 saturated carbocycles. The number of carbonyl (C=O) groups excluding carboxylic acids is 2. The summed E-state index contributed by atoms with van der Waals surface area (Å²) in [4.78, 5) is 27.1. The van der Waals surface area contributed by atoms with Gasteiger partial charge in [0.1, 0.15) is 6.04 Å². The van der Waals surface area contributed by atoms with Crippen molar-refractivity contribution in [3.63, 3.8) is 0 Å². The van der Waals surface area contributed by atoms with E-state index in [2.05, 4.69) is 5.32 Å². The summed E-state index contributed by atoms with van der Waals surface area (Å²) < 4.78 is 0. The fourth-order valence-corrected chi connectivity index (χ4v) is 2.96. The number of nitrogens with one attached hydrogen (secondary N) is 1. The first-order valence-electron chi connectivity index (χ1n) is 9.06. The molecule has 2 aromatic carbocycles. The SMILES string of the molecule is CC[C@H](C(=O)NC)N(Cc1ccc(C)cc1)C(=O)Cc1ccc(C)cc1. The predicted octanol–water partition coefficient (Wildman–Crippen LogP) is 3.40. The highest BCUT2D eigenvalue weighted by Crippen LogP contribution is 2.15. The Kier molecular flexibility index (Phi) is 6.96. The molecule has 0 saturated heterocycles. The maximum absolute atomic E-state index is 13.0. The van der Waals surface area contributed by atoms with Crippen molar-refractivity contribution in [1.29, 1.82) is 0 Å². The van der Waals surface area contributed by atoms with Gasteiger partial charge in [-0.25, -0.2) is 0 Å². The molecular formula is C22H28N2O2. The van der Waals surface area contributed by atoms with Gasteiger partial charge in [-0.15, -0.1) is 0 Å². The van der Waals surface area contributed by atoms with Crippen molar-refractivity contribution < 1.29 is 9.59 Å². The second kappa shape index (κ2) is 9.18. The van der Waals surface area contributed by atoms with E-state index in [-0.39, 0.29) is 11.8 Å². The van der Waals surface area contributed by atoms with Gasteiger partial charge in [0.2, 0.25) is 11.8 Å². The number of amides is 2. The van der Waals surface area contributed by atoms with Gasteiger partial charge in [-0.05, 0) is 31.4 Å². The monoisotopic (exact) mass is 352 g/mol. The molecule has 0 fully saturated rings. The first-order valence-corrected chi connectivity index (χ1v) is 9.06. The number of hydrogen-bond acceptors (Lipinski definition) is 2. The van der Waals surface area contributed by atoms with E-state index in [0.717, 1.165) is 16.7 Å². The Morgan fingerprint density at radius 1 is 0.923 bits per heavy atom. The number of rotatable bonds is 7. The van der Waals surface area contributed by atoms with Gasteiger partial charge in [0.05, 0.1) is 6.42 Å². The van der Waals surface area contributed by atoms with Crippen LogP contribution in [0.1, 0.15) is 35.6 Å². The fraction of sp³-hybridized carbons (Fsp3) is 0.364. The maximum atomic E-state index is 13.0. The van der Waals surface area contributed by atoms with Crippen LogP contribution >= 0.6 is 0 Å². The van der Waals surface area contributed by atoms with Crippen molar-refractivity contribution >= 4 is 11.8 Å². The molecule has 0 aliphatic rings. The summed E-state index contributed by atoms with van der Waals surface area (Å²) in [6.07, 6.45) is 0.866. The molecule has 0 aromatic heterocycles. The van der Waals surface area contributed by atoms with Gasteiger partial charge >= 0.3 is 0 Å². The number of benzene rings is 2. The van der Waals surface area contributed by atoms with Crippen LogP contribution in [-0.4, -0.2) is 29.8 Å². The lowest BCUT2D eigenvalue weighted by atomic mass is 10.1. The predicted molar refractivity (Wildman–Crippen MR) is 105 cm³/mol. The Labute approximate surface area is 156 Å². The van der Waals surface area contributed by atoms with Crippen molar-refractivity contribution in [2.24, 2.45) is 0 Å². The Morgan fingerprint density at radius 3 is 1.88 bits per heavy atom. The molecule has 2 rings (SSSR count). The smallest absolute Gasteiger partial charge is 0.242 e. The van der Waals surface area contributed by atoms with E-state index in [1.165, 1.54) is 5.56 Å². The van der Waals surface area contributed by atoms with Crippen molar-refractivity contribution in [1.82, 2.24) is 10.2 Å². The number of likely N-dealkylation sites (N-methyl/N-ethyl adjacent to an activating group) is 1. The highest BCUT2D eigenvalue weighted by atomic mass is 16.2. The van der Waals surface area contributed by atoms with E-state index in [1.54, 1.807) is 11.9 Å². The van der Waals surface area contributed by atoms with Crippen molar-refractivity contribution in [3.8, 4) is 0 Å². The highest BCUT2D eigenvalue weighted by Gasteiger charge is 2.27. The van der Waals surface area contributed by atoms with Crippen LogP contribution in [0.5, 0.6) is 0 Å². The van der Waals surface area contributed by atoms with Crippen molar-refractivity contribution in [2.75, 3.05) is 7.05 Å². The fourth-order valence-electron chi connectivity index (χ4n) is 2.96. The van der Waals surface area contributed by atoms with E-state index in [1.807, 2.05) is 69.3 Å². The molecule has 138 valence electrons. The molecule has 2 amide bonds. The largest absolute Gasteiger partial charge is 0.357 e. The van der Waals surface area contributed by atoms with Crippen LogP contribution in [-0.2, 0) is 22.6 Å². The minimum Gasteiger partial charge on any atom is -0.357 e. The lowest BCUT2D eigenvalue weighted by Crippen LogP contribution is -2.48. The number of hydrogen-bond donors (Lipinski definition) is 1. The Bertz CT molecular complexity index is 736. The summed E-state index contributed by atoms with van der Waals surface area (Å²) in [6, 6.07) is 15.6. The Hall–Kier alpha value is -2.62. The second-order valence-electron chi connectivity index (χ2n) is 6.71. The van der Waals surface area contributed by atoms with E-state index < -0.39 is 6.04 Å². The van der Waals surface area contributed by atoms with Crippen LogP contribution in [0.15, 0.2) is 48.5 Å². The van der Waals surface area contributed by atoms with Gasteiger partial charge in [-0.1, -0.05) is 66.6 Å².